The van der Waals surface area contributed by atoms with E-state index in [1.54, 1.807) is 12.1 Å². The zero-order chi connectivity index (χ0) is 23.1. The van der Waals surface area contributed by atoms with Crippen LogP contribution < -0.4 is 5.32 Å². The van der Waals surface area contributed by atoms with Crippen molar-refractivity contribution in [1.29, 1.82) is 0 Å². The third-order valence-corrected chi connectivity index (χ3v) is 6.62. The van der Waals surface area contributed by atoms with Gasteiger partial charge in [-0.1, -0.05) is 12.1 Å². The highest BCUT2D eigenvalue weighted by Gasteiger charge is 2.18. The molecule has 1 aliphatic heterocycles. The van der Waals surface area contributed by atoms with E-state index in [9.17, 15) is 4.39 Å². The van der Waals surface area contributed by atoms with Gasteiger partial charge in [-0.25, -0.2) is 9.37 Å². The van der Waals surface area contributed by atoms with Gasteiger partial charge >= 0.3 is 0 Å². The molecule has 172 valence electrons. The van der Waals surface area contributed by atoms with E-state index in [0.717, 1.165) is 70.5 Å². The van der Waals surface area contributed by atoms with Gasteiger partial charge in [0.25, 0.3) is 0 Å². The molecule has 4 aromatic heterocycles. The van der Waals surface area contributed by atoms with Gasteiger partial charge in [-0.05, 0) is 56.6 Å². The monoisotopic (exact) mass is 455 g/mol. The van der Waals surface area contributed by atoms with Crippen molar-refractivity contribution in [2.75, 3.05) is 13.1 Å². The van der Waals surface area contributed by atoms with Gasteiger partial charge in [-0.3, -0.25) is 9.36 Å². The molecule has 0 aliphatic carbocycles. The van der Waals surface area contributed by atoms with Gasteiger partial charge in [0.2, 0.25) is 0 Å². The molecule has 0 amide bonds. The normalized spacial score (nSPS) is 14.8. The fraction of sp³-hybridized carbons (Fsp3) is 0.269. The number of piperidine rings is 1. The minimum atomic E-state index is -0.236. The molecule has 34 heavy (non-hydrogen) atoms. The fourth-order valence-electron chi connectivity index (χ4n) is 4.83. The number of halogens is 1. The van der Waals surface area contributed by atoms with Gasteiger partial charge in [0.1, 0.15) is 11.5 Å². The van der Waals surface area contributed by atoms with Crippen LogP contribution in [0.15, 0.2) is 61.3 Å². The number of aromatic nitrogens is 6. The van der Waals surface area contributed by atoms with Gasteiger partial charge < -0.3 is 10.3 Å². The predicted octanol–water partition coefficient (Wildman–Crippen LogP) is 4.71. The van der Waals surface area contributed by atoms with Crippen molar-refractivity contribution in [1.82, 2.24) is 34.8 Å². The van der Waals surface area contributed by atoms with E-state index in [4.69, 9.17) is 0 Å². The third-order valence-electron chi connectivity index (χ3n) is 6.62. The number of benzene rings is 1. The standard InChI is InChI=1S/C26H26FN7/c1-17-25(16-33(32-17)14-18-3-2-4-21(27)9-18)24-13-30-26-23(24)10-19(11-29-26)20-12-31-34(15-20)22-5-7-28-8-6-22/h2-4,9-13,15-16,22,28H,5-8,14H2,1H3,(H,29,30). The molecule has 1 aromatic carbocycles. The van der Waals surface area contributed by atoms with E-state index in [0.29, 0.717) is 12.6 Å². The summed E-state index contributed by atoms with van der Waals surface area (Å²) in [6, 6.07) is 9.24. The molecule has 1 saturated heterocycles. The molecule has 8 heteroatoms. The Morgan fingerprint density at radius 3 is 2.79 bits per heavy atom. The van der Waals surface area contributed by atoms with Gasteiger partial charge in [0.05, 0.1) is 24.5 Å². The van der Waals surface area contributed by atoms with Crippen LogP contribution in [0.3, 0.4) is 0 Å². The second-order valence-corrected chi connectivity index (χ2v) is 8.97. The fourth-order valence-corrected chi connectivity index (χ4v) is 4.83. The maximum Gasteiger partial charge on any atom is 0.137 e. The van der Waals surface area contributed by atoms with Crippen LogP contribution >= 0.6 is 0 Å². The molecule has 2 N–H and O–H groups in total. The molecule has 5 heterocycles. The lowest BCUT2D eigenvalue weighted by Crippen LogP contribution is -2.29. The summed E-state index contributed by atoms with van der Waals surface area (Å²) >= 11 is 0. The summed E-state index contributed by atoms with van der Waals surface area (Å²) < 4.78 is 17.5. The van der Waals surface area contributed by atoms with E-state index in [1.165, 1.54) is 6.07 Å². The van der Waals surface area contributed by atoms with Crippen LogP contribution in [0, 0.1) is 12.7 Å². The van der Waals surface area contributed by atoms with Crippen LogP contribution in [-0.2, 0) is 6.54 Å². The summed E-state index contributed by atoms with van der Waals surface area (Å²) in [7, 11) is 0. The number of rotatable bonds is 5. The van der Waals surface area contributed by atoms with E-state index in [-0.39, 0.29) is 5.82 Å². The topological polar surface area (TPSA) is 76.3 Å². The summed E-state index contributed by atoms with van der Waals surface area (Å²) in [6.07, 6.45) is 12.2. The number of hydrogen-bond donors (Lipinski definition) is 2. The van der Waals surface area contributed by atoms with Crippen molar-refractivity contribution in [3.05, 3.63) is 78.4 Å². The third kappa shape index (κ3) is 3.90. The van der Waals surface area contributed by atoms with Crippen molar-refractivity contribution in [3.8, 4) is 22.3 Å². The molecule has 0 radical (unpaired) electrons. The summed E-state index contributed by atoms with van der Waals surface area (Å²) in [5.41, 5.74) is 6.83. The Morgan fingerprint density at radius 2 is 1.94 bits per heavy atom. The Hall–Kier alpha value is -3.78. The van der Waals surface area contributed by atoms with Crippen molar-refractivity contribution in [2.45, 2.75) is 32.4 Å². The number of aryl methyl sites for hydroxylation is 1. The van der Waals surface area contributed by atoms with Crippen LogP contribution in [0.4, 0.5) is 4.39 Å². The molecule has 1 aliphatic rings. The molecule has 1 fully saturated rings. The summed E-state index contributed by atoms with van der Waals surface area (Å²) in [5, 5.41) is 13.8. The van der Waals surface area contributed by atoms with Gasteiger partial charge in [0.15, 0.2) is 0 Å². The zero-order valence-corrected chi connectivity index (χ0v) is 19.0. The first-order chi connectivity index (χ1) is 16.6. The maximum atomic E-state index is 13.6. The van der Waals surface area contributed by atoms with E-state index < -0.39 is 0 Å². The largest absolute Gasteiger partial charge is 0.346 e. The number of pyridine rings is 1. The number of nitrogens with zero attached hydrogens (tertiary/aromatic N) is 5. The minimum Gasteiger partial charge on any atom is -0.346 e. The SMILES string of the molecule is Cc1nn(Cc2cccc(F)c2)cc1-c1c[nH]c2ncc(-c3cnn(C4CCNCC4)c3)cc12. The first kappa shape index (κ1) is 20.8. The van der Waals surface area contributed by atoms with E-state index >= 15 is 0 Å². The van der Waals surface area contributed by atoms with Crippen molar-refractivity contribution < 1.29 is 4.39 Å². The maximum absolute atomic E-state index is 13.6. The number of aromatic amines is 1. The lowest BCUT2D eigenvalue weighted by Gasteiger charge is -2.22. The van der Waals surface area contributed by atoms with Crippen LogP contribution in [0.5, 0.6) is 0 Å². The number of H-pyrrole nitrogens is 1. The summed E-state index contributed by atoms with van der Waals surface area (Å²) in [5.74, 6) is -0.236. The van der Waals surface area contributed by atoms with Gasteiger partial charge in [0, 0.05) is 52.4 Å². The highest BCUT2D eigenvalue weighted by molar-refractivity contribution is 5.96. The first-order valence-corrected chi connectivity index (χ1v) is 11.7. The smallest absolute Gasteiger partial charge is 0.137 e. The minimum absolute atomic E-state index is 0.236. The zero-order valence-electron chi connectivity index (χ0n) is 19.0. The Bertz CT molecular complexity index is 1460. The van der Waals surface area contributed by atoms with Crippen LogP contribution in [-0.4, -0.2) is 42.6 Å². The second-order valence-electron chi connectivity index (χ2n) is 8.97. The molecule has 5 aromatic rings. The van der Waals surface area contributed by atoms with Crippen LogP contribution in [0.25, 0.3) is 33.3 Å². The van der Waals surface area contributed by atoms with Gasteiger partial charge in [-0.2, -0.15) is 10.2 Å². The number of fused-ring (bicyclic) bond motifs is 1. The lowest BCUT2D eigenvalue weighted by atomic mass is 10.0. The van der Waals surface area contributed by atoms with Crippen molar-refractivity contribution in [3.63, 3.8) is 0 Å². The Labute approximate surface area is 196 Å². The average molecular weight is 456 g/mol. The Kier molecular flexibility index (Phi) is 5.22. The second kappa shape index (κ2) is 8.53. The molecular formula is C26H26FN7. The number of nitrogens with one attached hydrogen (secondary N) is 2. The van der Waals surface area contributed by atoms with E-state index in [1.807, 2.05) is 42.5 Å². The Balaban J connectivity index is 1.32. The molecule has 7 nitrogen and oxygen atoms in total. The average Bonchev–Trinajstić information content (AvgIpc) is 3.58. The van der Waals surface area contributed by atoms with Crippen LogP contribution in [0.1, 0.15) is 30.1 Å². The van der Waals surface area contributed by atoms with Gasteiger partial charge in [-0.15, -0.1) is 0 Å². The summed E-state index contributed by atoms with van der Waals surface area (Å²) in [4.78, 5) is 7.96. The predicted molar refractivity (Wildman–Crippen MR) is 130 cm³/mol. The van der Waals surface area contributed by atoms with Crippen molar-refractivity contribution >= 4 is 11.0 Å². The summed E-state index contributed by atoms with van der Waals surface area (Å²) in [6.45, 7) is 4.58. The quantitative estimate of drug-likeness (QED) is 0.402. The molecule has 0 atom stereocenters. The lowest BCUT2D eigenvalue weighted by molar-refractivity contribution is 0.343. The molecular weight excluding hydrogens is 429 g/mol. The number of hydrogen-bond acceptors (Lipinski definition) is 4. The highest BCUT2D eigenvalue weighted by atomic mass is 19.1. The molecule has 0 unspecified atom stereocenters. The molecule has 0 bridgehead atoms. The highest BCUT2D eigenvalue weighted by Crippen LogP contribution is 2.33. The molecule has 0 saturated carbocycles. The van der Waals surface area contributed by atoms with Crippen LogP contribution in [0.2, 0.25) is 0 Å². The Morgan fingerprint density at radius 1 is 1.06 bits per heavy atom. The molecule has 0 spiro atoms. The van der Waals surface area contributed by atoms with Crippen molar-refractivity contribution in [2.24, 2.45) is 0 Å². The molecule has 6 rings (SSSR count). The first-order valence-electron chi connectivity index (χ1n) is 11.7. The van der Waals surface area contributed by atoms with E-state index in [2.05, 4.69) is 42.4 Å².